The van der Waals surface area contributed by atoms with Crippen LogP contribution in [0, 0.1) is 3.57 Å². The second kappa shape index (κ2) is 6.68. The summed E-state index contributed by atoms with van der Waals surface area (Å²) in [6.45, 7) is 0. The lowest BCUT2D eigenvalue weighted by atomic mass is 10.1. The fourth-order valence-corrected chi connectivity index (χ4v) is 5.32. The van der Waals surface area contributed by atoms with E-state index in [1.54, 1.807) is 22.7 Å². The first-order valence-electron chi connectivity index (χ1n) is 8.28. The molecule has 0 bridgehead atoms. The van der Waals surface area contributed by atoms with Crippen molar-refractivity contribution in [1.82, 2.24) is 0 Å². The second-order valence-electron chi connectivity index (χ2n) is 6.10. The van der Waals surface area contributed by atoms with Crippen LogP contribution in [0.5, 0.6) is 0 Å². The van der Waals surface area contributed by atoms with Gasteiger partial charge in [-0.3, -0.25) is 0 Å². The standard InChI is InChI=1S/C22H14INS2/c23-17-2-1-3-18(14-17)24(19-4-6-21-15(12-19)8-10-25-21)20-5-7-22-16(13-20)9-11-26-22/h1-14H. The van der Waals surface area contributed by atoms with Gasteiger partial charge in [-0.25, -0.2) is 0 Å². The average Bonchev–Trinajstić information content (AvgIpc) is 3.30. The molecule has 26 heavy (non-hydrogen) atoms. The van der Waals surface area contributed by atoms with Crippen LogP contribution in [0.1, 0.15) is 0 Å². The van der Waals surface area contributed by atoms with E-state index in [9.17, 15) is 0 Å². The number of thiophene rings is 2. The van der Waals surface area contributed by atoms with Crippen LogP contribution in [-0.2, 0) is 0 Å². The summed E-state index contributed by atoms with van der Waals surface area (Å²) in [5.74, 6) is 0. The van der Waals surface area contributed by atoms with Crippen molar-refractivity contribution in [2.24, 2.45) is 0 Å². The van der Waals surface area contributed by atoms with E-state index in [4.69, 9.17) is 0 Å². The molecule has 1 nitrogen and oxygen atoms in total. The molecule has 0 fully saturated rings. The van der Waals surface area contributed by atoms with Gasteiger partial charge in [0, 0.05) is 30.0 Å². The smallest absolute Gasteiger partial charge is 0.0472 e. The van der Waals surface area contributed by atoms with Gasteiger partial charge >= 0.3 is 0 Å². The summed E-state index contributed by atoms with van der Waals surface area (Å²) in [4.78, 5) is 2.34. The molecular formula is C22H14INS2. The largest absolute Gasteiger partial charge is 0.310 e. The molecule has 126 valence electrons. The van der Waals surface area contributed by atoms with E-state index < -0.39 is 0 Å². The van der Waals surface area contributed by atoms with E-state index in [1.807, 2.05) is 0 Å². The van der Waals surface area contributed by atoms with Gasteiger partial charge in [0.05, 0.1) is 0 Å². The summed E-state index contributed by atoms with van der Waals surface area (Å²) in [7, 11) is 0. The van der Waals surface area contributed by atoms with E-state index in [-0.39, 0.29) is 0 Å². The lowest BCUT2D eigenvalue weighted by Gasteiger charge is -2.26. The molecule has 2 heterocycles. The van der Waals surface area contributed by atoms with Gasteiger partial charge in [0.15, 0.2) is 0 Å². The first-order valence-corrected chi connectivity index (χ1v) is 11.1. The summed E-state index contributed by atoms with van der Waals surface area (Å²) in [5.41, 5.74) is 3.56. The van der Waals surface area contributed by atoms with E-state index in [0.717, 1.165) is 0 Å². The molecule has 4 heteroatoms. The molecule has 3 aromatic carbocycles. The van der Waals surface area contributed by atoms with Gasteiger partial charge < -0.3 is 4.90 Å². The van der Waals surface area contributed by atoms with Crippen LogP contribution in [0.4, 0.5) is 17.1 Å². The maximum Gasteiger partial charge on any atom is 0.0472 e. The number of hydrogen-bond donors (Lipinski definition) is 0. The van der Waals surface area contributed by atoms with Crippen molar-refractivity contribution in [3.05, 3.63) is 87.1 Å². The van der Waals surface area contributed by atoms with Crippen molar-refractivity contribution in [3.63, 3.8) is 0 Å². The summed E-state index contributed by atoms with van der Waals surface area (Å²) < 4.78 is 3.88. The van der Waals surface area contributed by atoms with Crippen LogP contribution in [0.2, 0.25) is 0 Å². The van der Waals surface area contributed by atoms with E-state index >= 15 is 0 Å². The Labute approximate surface area is 173 Å². The zero-order valence-corrected chi connectivity index (χ0v) is 17.5. The number of benzene rings is 3. The molecule has 0 atom stereocenters. The highest BCUT2D eigenvalue weighted by atomic mass is 127. The highest BCUT2D eigenvalue weighted by Gasteiger charge is 2.14. The number of rotatable bonds is 3. The van der Waals surface area contributed by atoms with Crippen LogP contribution in [0.15, 0.2) is 83.6 Å². The molecule has 0 unspecified atom stereocenters. The normalized spacial score (nSPS) is 11.3. The van der Waals surface area contributed by atoms with E-state index in [1.165, 1.54) is 40.8 Å². The number of halogens is 1. The molecular weight excluding hydrogens is 469 g/mol. The van der Waals surface area contributed by atoms with Crippen molar-refractivity contribution >= 4 is 82.5 Å². The Morgan fingerprint density at radius 1 is 0.615 bits per heavy atom. The van der Waals surface area contributed by atoms with Crippen molar-refractivity contribution in [2.45, 2.75) is 0 Å². The Morgan fingerprint density at radius 3 is 1.77 bits per heavy atom. The molecule has 0 saturated heterocycles. The summed E-state index contributed by atoms with van der Waals surface area (Å²) in [6, 6.07) is 26.5. The quantitative estimate of drug-likeness (QED) is 0.234. The maximum atomic E-state index is 2.38. The lowest BCUT2D eigenvalue weighted by Crippen LogP contribution is -2.09. The predicted molar refractivity (Wildman–Crippen MR) is 125 cm³/mol. The molecule has 5 rings (SSSR count). The number of anilines is 3. The Morgan fingerprint density at radius 2 is 1.19 bits per heavy atom. The molecule has 0 aliphatic carbocycles. The zero-order valence-electron chi connectivity index (χ0n) is 13.7. The van der Waals surface area contributed by atoms with Gasteiger partial charge in [0.2, 0.25) is 0 Å². The monoisotopic (exact) mass is 483 g/mol. The van der Waals surface area contributed by atoms with Gasteiger partial charge in [-0.1, -0.05) is 6.07 Å². The third-order valence-electron chi connectivity index (χ3n) is 4.45. The maximum absolute atomic E-state index is 2.38. The van der Waals surface area contributed by atoms with E-state index in [0.29, 0.717) is 0 Å². The number of fused-ring (bicyclic) bond motifs is 2. The molecule has 0 radical (unpaired) electrons. The molecule has 0 aliphatic rings. The molecule has 5 aromatic rings. The molecule has 2 aromatic heterocycles. The Balaban J connectivity index is 1.73. The highest BCUT2D eigenvalue weighted by Crippen LogP contribution is 2.39. The fourth-order valence-electron chi connectivity index (χ4n) is 3.25. The summed E-state index contributed by atoms with van der Waals surface area (Å²) >= 11 is 5.95. The van der Waals surface area contributed by atoms with Gasteiger partial charge in [-0.2, -0.15) is 0 Å². The summed E-state index contributed by atoms with van der Waals surface area (Å²) in [6.07, 6.45) is 0. The van der Waals surface area contributed by atoms with E-state index in [2.05, 4.69) is 111 Å². The Hall–Kier alpha value is -1.89. The minimum Gasteiger partial charge on any atom is -0.310 e. The first-order chi connectivity index (χ1) is 12.8. The predicted octanol–water partition coefficient (Wildman–Crippen LogP) is 8.19. The van der Waals surface area contributed by atoms with Crippen LogP contribution in [0.3, 0.4) is 0 Å². The van der Waals surface area contributed by atoms with Crippen molar-refractivity contribution in [2.75, 3.05) is 4.90 Å². The molecule has 0 spiro atoms. The summed E-state index contributed by atoms with van der Waals surface area (Å²) in [5, 5.41) is 6.89. The average molecular weight is 483 g/mol. The Bertz CT molecular complexity index is 1150. The molecule has 0 amide bonds. The fraction of sp³-hybridized carbons (Fsp3) is 0. The minimum atomic E-state index is 1.18. The topological polar surface area (TPSA) is 3.24 Å². The first kappa shape index (κ1) is 16.3. The van der Waals surface area contributed by atoms with Gasteiger partial charge in [0.1, 0.15) is 0 Å². The van der Waals surface area contributed by atoms with Crippen LogP contribution in [0.25, 0.3) is 20.2 Å². The van der Waals surface area contributed by atoms with Crippen LogP contribution < -0.4 is 4.90 Å². The Kier molecular flexibility index (Phi) is 4.19. The van der Waals surface area contributed by atoms with Gasteiger partial charge in [-0.15, -0.1) is 22.7 Å². The third-order valence-corrected chi connectivity index (χ3v) is 6.92. The molecule has 0 saturated carbocycles. The minimum absolute atomic E-state index is 1.18. The van der Waals surface area contributed by atoms with Crippen molar-refractivity contribution in [1.29, 1.82) is 0 Å². The van der Waals surface area contributed by atoms with Crippen LogP contribution >= 0.6 is 45.3 Å². The zero-order chi connectivity index (χ0) is 17.5. The second-order valence-corrected chi connectivity index (χ2v) is 9.24. The van der Waals surface area contributed by atoms with Gasteiger partial charge in [0.25, 0.3) is 0 Å². The number of hydrogen-bond acceptors (Lipinski definition) is 3. The molecule has 0 N–H and O–H groups in total. The van der Waals surface area contributed by atoms with Crippen LogP contribution in [-0.4, -0.2) is 0 Å². The third kappa shape index (κ3) is 2.92. The SMILES string of the molecule is Ic1cccc(N(c2ccc3sccc3c2)c2ccc3sccc3c2)c1. The van der Waals surface area contributed by atoms with Crippen molar-refractivity contribution in [3.8, 4) is 0 Å². The van der Waals surface area contributed by atoms with Gasteiger partial charge in [-0.05, 0) is 111 Å². The highest BCUT2D eigenvalue weighted by molar-refractivity contribution is 14.1. The van der Waals surface area contributed by atoms with Crippen molar-refractivity contribution < 1.29 is 0 Å². The number of nitrogens with zero attached hydrogens (tertiary/aromatic N) is 1. The lowest BCUT2D eigenvalue weighted by molar-refractivity contribution is 1.29. The molecule has 0 aliphatic heterocycles.